The monoisotopic (exact) mass is 228 g/mol. The molecule has 1 aromatic carbocycles. The summed E-state index contributed by atoms with van der Waals surface area (Å²) >= 11 is 0. The van der Waals surface area contributed by atoms with Crippen LogP contribution in [0.5, 0.6) is 0 Å². The first-order valence-electron chi connectivity index (χ1n) is 4.38. The van der Waals surface area contributed by atoms with Gasteiger partial charge in [0.1, 0.15) is 0 Å². The number of H-pyrrole nitrogens is 1. The normalized spacial score (nSPS) is 11.9. The Morgan fingerprint density at radius 3 is 2.56 bits per heavy atom. The van der Waals surface area contributed by atoms with E-state index in [0.29, 0.717) is 5.52 Å². The highest BCUT2D eigenvalue weighted by molar-refractivity contribution is 5.81. The molecule has 1 aromatic heterocycles. The summed E-state index contributed by atoms with van der Waals surface area (Å²) < 4.78 is 37.2. The molecule has 3 nitrogen and oxygen atoms in total. The molecule has 84 valence electrons. The Labute approximate surface area is 87.7 Å². The fourth-order valence-electron chi connectivity index (χ4n) is 1.41. The van der Waals surface area contributed by atoms with Crippen LogP contribution in [0.25, 0.3) is 10.9 Å². The Bertz CT molecular complexity index is 601. The molecule has 16 heavy (non-hydrogen) atoms. The van der Waals surface area contributed by atoms with Crippen LogP contribution in [-0.4, -0.2) is 4.98 Å². The zero-order valence-corrected chi connectivity index (χ0v) is 7.93. The maximum absolute atomic E-state index is 12.4. The van der Waals surface area contributed by atoms with Crippen LogP contribution >= 0.6 is 0 Å². The third-order valence-corrected chi connectivity index (χ3v) is 2.24. The van der Waals surface area contributed by atoms with Gasteiger partial charge in [0, 0.05) is 17.1 Å². The molecule has 0 radical (unpaired) electrons. The number of aromatic amines is 1. The van der Waals surface area contributed by atoms with E-state index in [1.807, 2.05) is 0 Å². The van der Waals surface area contributed by atoms with E-state index < -0.39 is 17.2 Å². The van der Waals surface area contributed by atoms with Gasteiger partial charge in [-0.05, 0) is 18.2 Å². The summed E-state index contributed by atoms with van der Waals surface area (Å²) in [7, 11) is 0. The highest BCUT2D eigenvalue weighted by Crippen LogP contribution is 2.30. The summed E-state index contributed by atoms with van der Waals surface area (Å²) in [6, 6.07) is 2.91. The summed E-state index contributed by atoms with van der Waals surface area (Å²) in [5, 5.41) is -0.0603. The SMILES string of the molecule is Nc1c[nH]c2ccc(C(F)(F)F)cc2c1=O. The van der Waals surface area contributed by atoms with E-state index in [2.05, 4.69) is 4.98 Å². The van der Waals surface area contributed by atoms with Gasteiger partial charge in [-0.1, -0.05) is 0 Å². The number of benzene rings is 1. The highest BCUT2D eigenvalue weighted by atomic mass is 19.4. The summed E-state index contributed by atoms with van der Waals surface area (Å²) in [6.07, 6.45) is -3.21. The molecule has 0 aliphatic heterocycles. The fourth-order valence-corrected chi connectivity index (χ4v) is 1.41. The Kier molecular flexibility index (Phi) is 2.15. The molecule has 0 saturated heterocycles. The lowest BCUT2D eigenvalue weighted by Crippen LogP contribution is -2.11. The van der Waals surface area contributed by atoms with E-state index in [0.717, 1.165) is 12.1 Å². The van der Waals surface area contributed by atoms with Crippen LogP contribution in [0.1, 0.15) is 5.56 Å². The number of rotatable bonds is 0. The predicted molar refractivity (Wildman–Crippen MR) is 54.0 cm³/mol. The maximum atomic E-state index is 12.4. The van der Waals surface area contributed by atoms with Crippen LogP contribution in [0.2, 0.25) is 0 Å². The van der Waals surface area contributed by atoms with Gasteiger partial charge in [0.25, 0.3) is 0 Å². The van der Waals surface area contributed by atoms with Crippen molar-refractivity contribution in [2.75, 3.05) is 5.73 Å². The molecule has 6 heteroatoms. The van der Waals surface area contributed by atoms with Crippen LogP contribution in [-0.2, 0) is 6.18 Å². The largest absolute Gasteiger partial charge is 0.416 e. The molecular formula is C10H7F3N2O. The number of nitrogen functional groups attached to an aromatic ring is 1. The number of hydrogen-bond donors (Lipinski definition) is 2. The quantitative estimate of drug-likeness (QED) is 0.725. The van der Waals surface area contributed by atoms with Crippen LogP contribution in [0.4, 0.5) is 18.9 Å². The zero-order valence-electron chi connectivity index (χ0n) is 7.93. The van der Waals surface area contributed by atoms with Gasteiger partial charge in [0.05, 0.1) is 11.3 Å². The van der Waals surface area contributed by atoms with Crippen LogP contribution in [0.15, 0.2) is 29.2 Å². The number of fused-ring (bicyclic) bond motifs is 1. The van der Waals surface area contributed by atoms with E-state index in [1.54, 1.807) is 0 Å². The molecule has 0 atom stereocenters. The van der Waals surface area contributed by atoms with Gasteiger partial charge in [-0.25, -0.2) is 0 Å². The molecule has 0 unspecified atom stereocenters. The summed E-state index contributed by atoms with van der Waals surface area (Å²) in [4.78, 5) is 14.1. The van der Waals surface area contributed by atoms with Gasteiger partial charge >= 0.3 is 6.18 Å². The first-order valence-corrected chi connectivity index (χ1v) is 4.38. The van der Waals surface area contributed by atoms with Crippen molar-refractivity contribution in [2.24, 2.45) is 0 Å². The van der Waals surface area contributed by atoms with Crippen molar-refractivity contribution in [3.8, 4) is 0 Å². The lowest BCUT2D eigenvalue weighted by Gasteiger charge is -2.07. The lowest BCUT2D eigenvalue weighted by molar-refractivity contribution is -0.137. The minimum atomic E-state index is -4.47. The molecule has 0 aliphatic carbocycles. The van der Waals surface area contributed by atoms with Gasteiger partial charge in [0.2, 0.25) is 5.43 Å². The molecule has 0 aliphatic rings. The van der Waals surface area contributed by atoms with Crippen molar-refractivity contribution in [1.29, 1.82) is 0 Å². The van der Waals surface area contributed by atoms with E-state index in [1.165, 1.54) is 12.3 Å². The average Bonchev–Trinajstić information content (AvgIpc) is 2.22. The van der Waals surface area contributed by atoms with Crippen LogP contribution in [0.3, 0.4) is 0 Å². The molecule has 1 heterocycles. The van der Waals surface area contributed by atoms with Gasteiger partial charge in [-0.3, -0.25) is 4.79 Å². The van der Waals surface area contributed by atoms with Crippen LogP contribution < -0.4 is 11.2 Å². The molecule has 0 saturated carbocycles. The Hall–Kier alpha value is -1.98. The second-order valence-corrected chi connectivity index (χ2v) is 3.33. The molecule has 0 spiro atoms. The van der Waals surface area contributed by atoms with Crippen LogP contribution in [0, 0.1) is 0 Å². The molecule has 0 fully saturated rings. The summed E-state index contributed by atoms with van der Waals surface area (Å²) in [5.74, 6) is 0. The van der Waals surface area contributed by atoms with E-state index in [-0.39, 0.29) is 11.1 Å². The molecule has 3 N–H and O–H groups in total. The van der Waals surface area contributed by atoms with E-state index >= 15 is 0 Å². The second kappa shape index (κ2) is 3.26. The van der Waals surface area contributed by atoms with Gasteiger partial charge < -0.3 is 10.7 Å². The van der Waals surface area contributed by atoms with Crippen molar-refractivity contribution < 1.29 is 13.2 Å². The second-order valence-electron chi connectivity index (χ2n) is 3.33. The van der Waals surface area contributed by atoms with Gasteiger partial charge in [-0.2, -0.15) is 13.2 Å². The fraction of sp³-hybridized carbons (Fsp3) is 0.100. The number of nitrogens with one attached hydrogen (secondary N) is 1. The summed E-state index contributed by atoms with van der Waals surface area (Å²) in [5.41, 5.74) is 4.08. The third kappa shape index (κ3) is 1.62. The zero-order chi connectivity index (χ0) is 11.9. The van der Waals surface area contributed by atoms with Crippen molar-refractivity contribution in [3.05, 3.63) is 40.2 Å². The van der Waals surface area contributed by atoms with Crippen molar-refractivity contribution in [3.63, 3.8) is 0 Å². The molecule has 2 rings (SSSR count). The lowest BCUT2D eigenvalue weighted by atomic mass is 10.1. The molecule has 0 amide bonds. The third-order valence-electron chi connectivity index (χ3n) is 2.24. The van der Waals surface area contributed by atoms with Gasteiger partial charge in [-0.15, -0.1) is 0 Å². The minimum absolute atomic E-state index is 0.0603. The first kappa shape index (κ1) is 10.5. The van der Waals surface area contributed by atoms with Crippen molar-refractivity contribution in [1.82, 2.24) is 4.98 Å². The Balaban J connectivity index is 2.79. The topological polar surface area (TPSA) is 58.9 Å². The smallest absolute Gasteiger partial charge is 0.394 e. The Morgan fingerprint density at radius 2 is 1.94 bits per heavy atom. The number of alkyl halides is 3. The minimum Gasteiger partial charge on any atom is -0.394 e. The van der Waals surface area contributed by atoms with E-state index in [9.17, 15) is 18.0 Å². The number of hydrogen-bond acceptors (Lipinski definition) is 2. The van der Waals surface area contributed by atoms with Crippen molar-refractivity contribution >= 4 is 16.6 Å². The number of nitrogens with two attached hydrogens (primary N) is 1. The standard InChI is InChI=1S/C10H7F3N2O/c11-10(12,13)5-1-2-8-6(3-5)9(16)7(14)4-15-8/h1-4H,14H2,(H,15,16). The first-order chi connectivity index (χ1) is 7.39. The number of pyridine rings is 1. The molecular weight excluding hydrogens is 221 g/mol. The molecule has 2 aromatic rings. The van der Waals surface area contributed by atoms with Crippen molar-refractivity contribution in [2.45, 2.75) is 6.18 Å². The molecule has 0 bridgehead atoms. The summed E-state index contributed by atoms with van der Waals surface area (Å²) in [6.45, 7) is 0. The average molecular weight is 228 g/mol. The predicted octanol–water partition coefficient (Wildman–Crippen LogP) is 2.13. The Morgan fingerprint density at radius 1 is 1.25 bits per heavy atom. The van der Waals surface area contributed by atoms with Gasteiger partial charge in [0.15, 0.2) is 0 Å². The number of aromatic nitrogens is 1. The van der Waals surface area contributed by atoms with E-state index in [4.69, 9.17) is 5.73 Å². The maximum Gasteiger partial charge on any atom is 0.416 e. The highest BCUT2D eigenvalue weighted by Gasteiger charge is 2.30. The number of anilines is 1. The number of halogens is 3.